The Morgan fingerprint density at radius 2 is 1.12 bits per heavy atom. The standard InChI is InChI=1S/C2H2O4.H2O.Sr/c3-1(4)2(5)6;;/h(H,3,4)(H,5,6);1H2;/q;;+2/p-2. The van der Waals surface area contributed by atoms with Crippen molar-refractivity contribution in [3.63, 3.8) is 0 Å². The molecule has 0 aromatic rings. The predicted molar refractivity (Wildman–Crippen MR) is 19.4 cm³/mol. The Morgan fingerprint density at radius 1 is 1.00 bits per heavy atom. The topological polar surface area (TPSA) is 112 Å². The molecule has 0 unspecified atom stereocenters. The minimum atomic E-state index is -2.19. The van der Waals surface area contributed by atoms with Gasteiger partial charge in [-0.2, -0.15) is 0 Å². The van der Waals surface area contributed by atoms with Crippen molar-refractivity contribution in [1.29, 1.82) is 0 Å². The van der Waals surface area contributed by atoms with E-state index in [0.717, 1.165) is 0 Å². The maximum atomic E-state index is 8.93. The van der Waals surface area contributed by atoms with Crippen LogP contribution in [0.3, 0.4) is 0 Å². The quantitative estimate of drug-likeness (QED) is 0.284. The summed E-state index contributed by atoms with van der Waals surface area (Å²) < 4.78 is 0. The molecular weight excluding hydrogens is 192 g/mol. The maximum Gasteiger partial charge on any atom is 2.00 e. The van der Waals surface area contributed by atoms with Gasteiger partial charge in [-0.05, 0) is 0 Å². The molecule has 0 aliphatic carbocycles. The van der Waals surface area contributed by atoms with Crippen LogP contribution in [0.1, 0.15) is 0 Å². The number of carbonyl (C=O) groups excluding carboxylic acids is 2. The monoisotopic (exact) mass is 194 g/mol. The molecule has 0 aliphatic heterocycles. The molecule has 0 rings (SSSR count). The summed E-state index contributed by atoms with van der Waals surface area (Å²) in [4.78, 5) is 17.9. The zero-order chi connectivity index (χ0) is 5.15. The Hall–Kier alpha value is 0.381. The molecule has 0 aromatic heterocycles. The molecule has 0 bridgehead atoms. The van der Waals surface area contributed by atoms with Crippen LogP contribution in [0.4, 0.5) is 0 Å². The van der Waals surface area contributed by atoms with E-state index in [0.29, 0.717) is 0 Å². The summed E-state index contributed by atoms with van der Waals surface area (Å²) in [5.74, 6) is -4.37. The minimum absolute atomic E-state index is 0. The summed E-state index contributed by atoms with van der Waals surface area (Å²) >= 11 is 0. The van der Waals surface area contributed by atoms with E-state index < -0.39 is 11.9 Å². The van der Waals surface area contributed by atoms with Gasteiger partial charge >= 0.3 is 45.5 Å². The third kappa shape index (κ3) is 9.63. The Morgan fingerprint density at radius 3 is 1.12 bits per heavy atom. The number of carboxylic acid groups (broad SMARTS) is 2. The van der Waals surface area contributed by atoms with Gasteiger partial charge in [0.15, 0.2) is 0 Å². The van der Waals surface area contributed by atoms with Crippen LogP contribution in [0.25, 0.3) is 0 Å². The van der Waals surface area contributed by atoms with Gasteiger partial charge in [0, 0.05) is 0 Å². The normalized spacial score (nSPS) is 5.50. The fourth-order valence-corrected chi connectivity index (χ4v) is 0. The number of hydrogen-bond acceptors (Lipinski definition) is 4. The van der Waals surface area contributed by atoms with Crippen LogP contribution in [0.5, 0.6) is 0 Å². The first kappa shape index (κ1) is 15.8. The van der Waals surface area contributed by atoms with Gasteiger partial charge in [-0.25, -0.2) is 0 Å². The zero-order valence-electron chi connectivity index (χ0n) is 3.84. The van der Waals surface area contributed by atoms with Crippen LogP contribution < -0.4 is 10.2 Å². The van der Waals surface area contributed by atoms with Gasteiger partial charge in [0.1, 0.15) is 0 Å². The predicted octanol–water partition coefficient (Wildman–Crippen LogP) is -4.72. The van der Waals surface area contributed by atoms with Gasteiger partial charge in [-0.1, -0.05) is 0 Å². The SMILES string of the molecule is O.O=C([O-])C(=O)[O-].[Sr+2]. The van der Waals surface area contributed by atoms with Crippen LogP contribution in [0.15, 0.2) is 0 Å². The molecule has 2 N–H and O–H groups in total. The van der Waals surface area contributed by atoms with E-state index in [-0.39, 0.29) is 51.0 Å². The summed E-state index contributed by atoms with van der Waals surface area (Å²) in [6.07, 6.45) is 0. The second kappa shape index (κ2) is 7.38. The largest absolute Gasteiger partial charge is 2.00 e. The molecule has 6 heteroatoms. The van der Waals surface area contributed by atoms with E-state index in [4.69, 9.17) is 19.8 Å². The zero-order valence-corrected chi connectivity index (χ0v) is 7.32. The minimum Gasteiger partial charge on any atom is -0.543 e. The molecule has 0 heterocycles. The molecule has 8 heavy (non-hydrogen) atoms. The van der Waals surface area contributed by atoms with E-state index >= 15 is 0 Å². The van der Waals surface area contributed by atoms with E-state index in [1.165, 1.54) is 0 Å². The van der Waals surface area contributed by atoms with Crippen LogP contribution in [0, 0.1) is 0 Å². The van der Waals surface area contributed by atoms with Crippen molar-refractivity contribution in [1.82, 2.24) is 0 Å². The Labute approximate surface area is 81.9 Å². The summed E-state index contributed by atoms with van der Waals surface area (Å²) in [6, 6.07) is 0. The number of rotatable bonds is 0. The van der Waals surface area contributed by atoms with E-state index in [9.17, 15) is 0 Å². The summed E-state index contributed by atoms with van der Waals surface area (Å²) in [5, 5.41) is 17.9. The fourth-order valence-electron chi connectivity index (χ4n) is 0. The van der Waals surface area contributed by atoms with E-state index in [1.54, 1.807) is 0 Å². The third-order valence-electron chi connectivity index (χ3n) is 0.167. The average Bonchev–Trinajstić information content (AvgIpc) is 1.36. The Bertz CT molecular complexity index is 76.4. The first-order valence-corrected chi connectivity index (χ1v) is 1.07. The van der Waals surface area contributed by atoms with Gasteiger partial charge < -0.3 is 25.3 Å². The average molecular weight is 194 g/mol. The summed E-state index contributed by atoms with van der Waals surface area (Å²) in [7, 11) is 0. The smallest absolute Gasteiger partial charge is 0.543 e. The Balaban J connectivity index is -0.000000125. The van der Waals surface area contributed by atoms with Crippen molar-refractivity contribution in [3.8, 4) is 0 Å². The number of carboxylic acids is 2. The number of aliphatic carboxylic acids is 2. The van der Waals surface area contributed by atoms with Crippen molar-refractivity contribution < 1.29 is 25.3 Å². The number of carbonyl (C=O) groups is 2. The molecule has 0 spiro atoms. The molecular formula is C2H2O5Sr. The maximum absolute atomic E-state index is 8.93. The molecule has 0 atom stereocenters. The van der Waals surface area contributed by atoms with Gasteiger partial charge in [0.2, 0.25) is 0 Å². The molecule has 0 aliphatic rings. The fraction of sp³-hybridized carbons (Fsp3) is 0. The molecule has 0 amide bonds. The van der Waals surface area contributed by atoms with Gasteiger partial charge in [-0.15, -0.1) is 0 Å². The van der Waals surface area contributed by atoms with Crippen LogP contribution in [0.2, 0.25) is 0 Å². The molecule has 0 aromatic carbocycles. The number of hydrogen-bond donors (Lipinski definition) is 0. The first-order valence-electron chi connectivity index (χ1n) is 1.07. The summed E-state index contributed by atoms with van der Waals surface area (Å²) in [6.45, 7) is 0. The molecule has 0 fully saturated rings. The van der Waals surface area contributed by atoms with Crippen LogP contribution in [-0.4, -0.2) is 62.9 Å². The molecule has 0 saturated heterocycles. The van der Waals surface area contributed by atoms with Crippen molar-refractivity contribution in [2.24, 2.45) is 0 Å². The van der Waals surface area contributed by atoms with E-state index in [1.807, 2.05) is 0 Å². The van der Waals surface area contributed by atoms with Crippen LogP contribution >= 0.6 is 0 Å². The van der Waals surface area contributed by atoms with Crippen molar-refractivity contribution in [2.75, 3.05) is 0 Å². The summed E-state index contributed by atoms with van der Waals surface area (Å²) in [5.41, 5.74) is 0. The molecule has 42 valence electrons. The molecule has 5 nitrogen and oxygen atoms in total. The first-order chi connectivity index (χ1) is 2.64. The van der Waals surface area contributed by atoms with Crippen LogP contribution in [-0.2, 0) is 9.59 Å². The molecule has 0 saturated carbocycles. The van der Waals surface area contributed by atoms with Gasteiger partial charge in [0.05, 0.1) is 11.9 Å². The van der Waals surface area contributed by atoms with E-state index in [2.05, 4.69) is 0 Å². The second-order valence-electron chi connectivity index (χ2n) is 0.575. The second-order valence-corrected chi connectivity index (χ2v) is 0.575. The Kier molecular flexibility index (Phi) is 14.5. The third-order valence-corrected chi connectivity index (χ3v) is 0.167. The van der Waals surface area contributed by atoms with Crippen molar-refractivity contribution in [3.05, 3.63) is 0 Å². The van der Waals surface area contributed by atoms with Crippen molar-refractivity contribution in [2.45, 2.75) is 0 Å². The van der Waals surface area contributed by atoms with Crippen molar-refractivity contribution >= 4 is 57.4 Å². The van der Waals surface area contributed by atoms with Gasteiger partial charge in [0.25, 0.3) is 0 Å². The molecule has 0 radical (unpaired) electrons. The van der Waals surface area contributed by atoms with Gasteiger partial charge in [-0.3, -0.25) is 0 Å².